The van der Waals surface area contributed by atoms with E-state index in [0.717, 1.165) is 41.0 Å². The molecule has 11 atom stereocenters. The van der Waals surface area contributed by atoms with Gasteiger partial charge in [0, 0.05) is 89.2 Å². The van der Waals surface area contributed by atoms with Crippen LogP contribution in [0.1, 0.15) is 100 Å². The number of primary amides is 1. The van der Waals surface area contributed by atoms with Crippen LogP contribution in [0.2, 0.25) is 5.02 Å². The molecule has 15 amide bonds. The zero-order valence-electron chi connectivity index (χ0n) is 74.3. The zero-order chi connectivity index (χ0) is 95.2. The Hall–Kier alpha value is -13.0. The van der Waals surface area contributed by atoms with Gasteiger partial charge in [0.1, 0.15) is 78.0 Å². The van der Waals surface area contributed by atoms with Crippen molar-refractivity contribution in [2.45, 2.75) is 172 Å². The molecule has 0 bridgehead atoms. The summed E-state index contributed by atoms with van der Waals surface area (Å²) in [5.41, 5.74) is 8.41. The molecule has 696 valence electrons. The number of carbonyl (C=O) groups excluding carboxylic acids is 15. The minimum Gasteiger partial charge on any atom is -0.508 e. The van der Waals surface area contributed by atoms with Crippen LogP contribution < -0.4 is 53.6 Å². The van der Waals surface area contributed by atoms with Gasteiger partial charge in [0.05, 0.1) is 31.8 Å². The van der Waals surface area contributed by atoms with Gasteiger partial charge in [-0.25, -0.2) is 0 Å². The summed E-state index contributed by atoms with van der Waals surface area (Å²) in [5, 5.41) is 57.7. The van der Waals surface area contributed by atoms with Gasteiger partial charge in [-0.2, -0.15) is 0 Å². The van der Waals surface area contributed by atoms with Gasteiger partial charge in [0.2, 0.25) is 88.6 Å². The van der Waals surface area contributed by atoms with E-state index in [0.29, 0.717) is 51.6 Å². The summed E-state index contributed by atoms with van der Waals surface area (Å²) in [6, 6.07) is 25.1. The molecule has 1 fully saturated rings. The number of nitrogens with two attached hydrogens (primary N) is 1. The smallest absolute Gasteiger partial charge is 0.305 e. The molecule has 7 aromatic rings. The van der Waals surface area contributed by atoms with Crippen LogP contribution in [0.15, 0.2) is 163 Å². The lowest BCUT2D eigenvalue weighted by Crippen LogP contribution is -2.61. The Morgan fingerprint density at radius 2 is 0.962 bits per heavy atom. The first-order valence-electron chi connectivity index (χ1n) is 42.7. The maximum atomic E-state index is 15.6. The van der Waals surface area contributed by atoms with E-state index in [1.165, 1.54) is 95.1 Å². The van der Waals surface area contributed by atoms with E-state index in [1.807, 2.05) is 25.1 Å². The van der Waals surface area contributed by atoms with Crippen molar-refractivity contribution in [3.05, 3.63) is 202 Å². The fourth-order valence-corrected chi connectivity index (χ4v) is 16.9. The van der Waals surface area contributed by atoms with Crippen LogP contribution in [-0.4, -0.2) is 267 Å². The number of likely N-dealkylation sites (N-methyl/N-ethyl adjacent to an activating group) is 5. The topological polar surface area (TPSA) is 484 Å². The highest BCUT2D eigenvalue weighted by Crippen LogP contribution is 2.28. The van der Waals surface area contributed by atoms with Crippen molar-refractivity contribution in [1.82, 2.24) is 72.4 Å². The quantitative estimate of drug-likeness (QED) is 0.0434. The average Bonchev–Trinajstić information content (AvgIpc) is 1.69. The van der Waals surface area contributed by atoms with Gasteiger partial charge in [-0.15, -0.1) is 23.1 Å². The normalized spacial score (nSPS) is 21.8. The molecule has 130 heavy (non-hydrogen) atoms. The number of phenolic OH excluding ortho intramolecular Hbond substituents is 2. The van der Waals surface area contributed by atoms with E-state index in [9.17, 15) is 53.7 Å². The van der Waals surface area contributed by atoms with Crippen LogP contribution in [0.5, 0.6) is 11.5 Å². The van der Waals surface area contributed by atoms with Crippen molar-refractivity contribution in [3.8, 4) is 11.5 Å². The minimum atomic E-state index is -1.91. The molecule has 1 saturated heterocycles. The summed E-state index contributed by atoms with van der Waals surface area (Å²) < 4.78 is 0.817. The number of thiophene rings is 1. The number of phenols is 2. The molecule has 0 radical (unpaired) electrons. The third kappa shape index (κ3) is 30.9. The first-order chi connectivity index (χ1) is 61.8. The van der Waals surface area contributed by atoms with Crippen LogP contribution in [0.4, 0.5) is 0 Å². The van der Waals surface area contributed by atoms with E-state index in [2.05, 4.69) is 47.9 Å². The van der Waals surface area contributed by atoms with E-state index in [1.54, 1.807) is 124 Å². The monoisotopic (exact) mass is 1850 g/mol. The number of amides is 15. The second kappa shape index (κ2) is 49.6. The molecule has 0 saturated carbocycles. The number of rotatable bonds is 23. The number of nitrogens with one attached hydrogen (secondary N) is 9. The Balaban J connectivity index is 1.22. The van der Waals surface area contributed by atoms with Gasteiger partial charge in [-0.1, -0.05) is 174 Å². The highest BCUT2D eigenvalue weighted by molar-refractivity contribution is 8.00. The number of carbonyl (C=O) groups is 16. The second-order valence-electron chi connectivity index (χ2n) is 33.1. The summed E-state index contributed by atoms with van der Waals surface area (Å²) in [5.74, 6) is -17.6. The highest BCUT2D eigenvalue weighted by Gasteiger charge is 2.42. The molecular formula is C93H116ClN15O19S2. The minimum absolute atomic E-state index is 0.0177. The van der Waals surface area contributed by atoms with Gasteiger partial charge in [0.15, 0.2) is 0 Å². The van der Waals surface area contributed by atoms with Crippen LogP contribution in [0.3, 0.4) is 0 Å². The number of thioether (sulfide) groups is 1. The van der Waals surface area contributed by atoms with Gasteiger partial charge in [0.25, 0.3) is 0 Å². The van der Waals surface area contributed by atoms with Crippen molar-refractivity contribution in [1.29, 1.82) is 0 Å². The van der Waals surface area contributed by atoms with E-state index in [4.69, 9.17) is 17.3 Å². The molecule has 1 aliphatic rings. The van der Waals surface area contributed by atoms with E-state index < -0.39 is 205 Å². The first-order valence-corrected chi connectivity index (χ1v) is 45.1. The number of carboxylic acid groups (broad SMARTS) is 1. The van der Waals surface area contributed by atoms with E-state index >= 15 is 38.4 Å². The number of benzene rings is 6. The summed E-state index contributed by atoms with van der Waals surface area (Å²) in [6.45, 7) is 6.15. The van der Waals surface area contributed by atoms with Crippen LogP contribution >= 0.6 is 34.7 Å². The molecule has 34 nitrogen and oxygen atoms in total. The third-order valence-corrected chi connectivity index (χ3v) is 24.3. The number of fused-ring (bicyclic) bond motifs is 1. The summed E-state index contributed by atoms with van der Waals surface area (Å²) in [6.07, 6.45) is -1.63. The lowest BCUT2D eigenvalue weighted by Gasteiger charge is -2.37. The van der Waals surface area contributed by atoms with Gasteiger partial charge < -0.3 is 93.4 Å². The number of hydrogen-bond acceptors (Lipinski definition) is 20. The Kier molecular flexibility index (Phi) is 39.0. The summed E-state index contributed by atoms with van der Waals surface area (Å²) >= 11 is 8.66. The fraction of sp³-hybridized carbons (Fsp3) is 0.419. The third-order valence-electron chi connectivity index (χ3n) is 22.0. The molecule has 1 aromatic heterocycles. The molecule has 8 rings (SSSR count). The van der Waals surface area contributed by atoms with Crippen molar-refractivity contribution < 1.29 is 92.0 Å². The Morgan fingerprint density at radius 1 is 0.485 bits per heavy atom. The molecular weight excluding hydrogens is 1730 g/mol. The molecule has 0 spiro atoms. The zero-order valence-corrected chi connectivity index (χ0v) is 76.7. The van der Waals surface area contributed by atoms with Gasteiger partial charge in [-0.05, 0) is 111 Å². The molecule has 0 aliphatic carbocycles. The molecule has 1 aliphatic heterocycles. The SMILES string of the molecule is CCCC[C@H]1C(=O)N(C)CC(=O)N[C@@H](CC(=O)O)C(=O)N[C@@H](C(C)C)C(=O)N(C)[C@@H](Cc2ccccc2)C(=O)N[C@@H](Cc2ccc(O)cc2)C(=O)N(C)CC(=O)N[C@@H](Cc2csc3ccccc23)C(=O)N[C@@H](Cc2ccc(O)cc2)C(=O)N[C@@H](CC(C)C)C(=O)N[C@H](C(=O)NCC(N)=O)CSCC(=O)N[C@@H](Cc2cccc(Cl)c2)C(=O)N(C)[C@@H](Cc2ccccc2)C(=O)N1C. The molecule has 0 unspecified atom stereocenters. The largest absolute Gasteiger partial charge is 0.508 e. The predicted octanol–water partition coefficient (Wildman–Crippen LogP) is 3.71. The van der Waals surface area contributed by atoms with Crippen molar-refractivity contribution in [2.24, 2.45) is 17.6 Å². The number of halogens is 1. The van der Waals surface area contributed by atoms with Crippen LogP contribution in [-0.2, 0) is 115 Å². The Bertz CT molecular complexity index is 5150. The Morgan fingerprint density at radius 3 is 1.53 bits per heavy atom. The maximum Gasteiger partial charge on any atom is 0.305 e. The van der Waals surface area contributed by atoms with Crippen LogP contribution in [0.25, 0.3) is 10.1 Å². The molecule has 2 heterocycles. The standard InChI is InChI=1S/C93H116ClN15O19S2/c1-11-12-29-73-91(126)106(7)50-79(114)98-69(47-81(116)117)87(122)104-82(55(4)5)93(128)108(9)74(44-56-22-15-13-16-23-56)88(123)102-70(42-59-33-37-64(111)38-34-59)89(124)105(6)49-78(113)97-68(46-61-51-130-76-30-20-19-28-65(61)76)86(121)101-67(41-58-31-35-63(110)36-32-58)85(120)100-66(39-54(2)3)84(119)103-72(83(118)96-48-77(95)112)52-129-53-80(115)99-71(43-60-26-21-27-62(94)40-60)90(125)109(10)75(92(127)107(73)8)45-57-24-17-14-18-25-57/h13-28,30-38,40,51,54-55,66-75,82,110-111H,11-12,29,39,41-50,52-53H2,1-10H3,(H2,95,112)(H,96,118)(H,97,113)(H,98,114)(H,99,115)(H,100,120)(H,101,121)(H,102,123)(H,103,119)(H,104,122)(H,116,117)/t66-,67-,68-,69-,70-,71-,72-,73-,74-,75-,82-/m0/s1. The number of hydrogen-bond donors (Lipinski definition) is 13. The molecule has 37 heteroatoms. The number of aliphatic carboxylic acids is 1. The number of unbranched alkanes of at least 4 members (excludes halogenated alkanes) is 1. The molecule has 14 N–H and O–H groups in total. The fourth-order valence-electron chi connectivity index (χ4n) is 14.9. The first kappa shape index (κ1) is 102. The number of carboxylic acids is 1. The lowest BCUT2D eigenvalue weighted by atomic mass is 9.98. The second-order valence-corrected chi connectivity index (χ2v) is 35.5. The lowest BCUT2D eigenvalue weighted by molar-refractivity contribution is -0.151. The predicted molar refractivity (Wildman–Crippen MR) is 491 cm³/mol. The summed E-state index contributed by atoms with van der Waals surface area (Å²) in [7, 11) is 6.50. The highest BCUT2D eigenvalue weighted by atomic mass is 35.5. The van der Waals surface area contributed by atoms with Crippen molar-refractivity contribution >= 4 is 139 Å². The van der Waals surface area contributed by atoms with Crippen molar-refractivity contribution in [2.75, 3.05) is 66.4 Å². The Labute approximate surface area is 768 Å². The number of aromatic hydroxyl groups is 2. The summed E-state index contributed by atoms with van der Waals surface area (Å²) in [4.78, 5) is 240. The van der Waals surface area contributed by atoms with Gasteiger partial charge >= 0.3 is 5.97 Å². The van der Waals surface area contributed by atoms with Crippen molar-refractivity contribution in [3.63, 3.8) is 0 Å². The van der Waals surface area contributed by atoms with Gasteiger partial charge in [-0.3, -0.25) is 76.7 Å². The maximum absolute atomic E-state index is 15.6. The molecule has 6 aromatic carbocycles. The average molecular weight is 1850 g/mol. The number of nitrogens with zero attached hydrogens (tertiary/aromatic N) is 5. The van der Waals surface area contributed by atoms with Crippen LogP contribution in [0, 0.1) is 11.8 Å². The van der Waals surface area contributed by atoms with E-state index in [-0.39, 0.29) is 73.8 Å².